The molecule has 0 radical (unpaired) electrons. The number of aryl methyl sites for hydroxylation is 1. The predicted molar refractivity (Wildman–Crippen MR) is 99.1 cm³/mol. The predicted octanol–water partition coefficient (Wildman–Crippen LogP) is 3.28. The molecule has 5 heteroatoms. The molecule has 0 N–H and O–H groups in total. The minimum Gasteiger partial charge on any atom is -0.452 e. The minimum absolute atomic E-state index is 0.0877. The minimum atomic E-state index is -0.398. The van der Waals surface area contributed by atoms with Gasteiger partial charge in [0.2, 0.25) is 0 Å². The van der Waals surface area contributed by atoms with Gasteiger partial charge < -0.3 is 9.64 Å². The molecule has 1 aliphatic carbocycles. The Balaban J connectivity index is 1.54. The molecule has 1 aromatic heterocycles. The summed E-state index contributed by atoms with van der Waals surface area (Å²) in [4.78, 5) is 31.8. The third-order valence-electron chi connectivity index (χ3n) is 5.41. The topological polar surface area (TPSA) is 59.5 Å². The van der Waals surface area contributed by atoms with Crippen molar-refractivity contribution in [1.82, 2.24) is 9.88 Å². The number of benzene rings is 1. The second-order valence-corrected chi connectivity index (χ2v) is 7.15. The van der Waals surface area contributed by atoms with E-state index in [0.29, 0.717) is 5.56 Å². The Hall–Kier alpha value is -2.43. The summed E-state index contributed by atoms with van der Waals surface area (Å²) in [6, 6.07) is 7.67. The van der Waals surface area contributed by atoms with Gasteiger partial charge in [-0.05, 0) is 43.7 Å². The van der Waals surface area contributed by atoms with Crippen LogP contribution in [0.4, 0.5) is 0 Å². The summed E-state index contributed by atoms with van der Waals surface area (Å²) in [5, 5.41) is 0.820. The number of carbonyl (C=O) groups excluding carboxylic acids is 2. The average Bonchev–Trinajstić information content (AvgIpc) is 2.95. The molecule has 0 unspecified atom stereocenters. The molecule has 1 aromatic carbocycles. The number of hydrogen-bond donors (Lipinski definition) is 0. The molecule has 26 heavy (non-hydrogen) atoms. The lowest BCUT2D eigenvalue weighted by Gasteiger charge is -2.20. The Bertz CT molecular complexity index is 839. The third-order valence-corrected chi connectivity index (χ3v) is 5.41. The first-order valence-corrected chi connectivity index (χ1v) is 9.59. The molecule has 5 nitrogen and oxygen atoms in total. The second-order valence-electron chi connectivity index (χ2n) is 7.15. The number of ether oxygens (including phenoxy) is 1. The van der Waals surface area contributed by atoms with Gasteiger partial charge in [0.1, 0.15) is 0 Å². The maximum Gasteiger partial charge on any atom is 0.339 e. The molecule has 4 rings (SSSR count). The van der Waals surface area contributed by atoms with E-state index < -0.39 is 5.97 Å². The summed E-state index contributed by atoms with van der Waals surface area (Å²) in [5.41, 5.74) is 3.41. The molecular weight excluding hydrogens is 328 g/mol. The average molecular weight is 352 g/mol. The lowest BCUT2D eigenvalue weighted by molar-refractivity contribution is -0.134. The SMILES string of the molecule is O=C(OCC(=O)N1CCCCCC1)c1c2c(nc3ccccc13)CCC2. The van der Waals surface area contributed by atoms with Crippen LogP contribution in [-0.4, -0.2) is 41.5 Å². The molecule has 2 heterocycles. The fraction of sp³-hybridized carbons (Fsp3) is 0.476. The maximum atomic E-state index is 12.9. The monoisotopic (exact) mass is 352 g/mol. The van der Waals surface area contributed by atoms with E-state index in [1.807, 2.05) is 29.2 Å². The highest BCUT2D eigenvalue weighted by molar-refractivity contribution is 6.05. The van der Waals surface area contributed by atoms with E-state index in [1.54, 1.807) is 0 Å². The summed E-state index contributed by atoms with van der Waals surface area (Å²) < 4.78 is 5.46. The highest BCUT2D eigenvalue weighted by Gasteiger charge is 2.25. The number of hydrogen-bond acceptors (Lipinski definition) is 4. The summed E-state index contributed by atoms with van der Waals surface area (Å²) in [6.45, 7) is 1.36. The Kier molecular flexibility index (Phi) is 4.87. The largest absolute Gasteiger partial charge is 0.452 e. The van der Waals surface area contributed by atoms with Crippen molar-refractivity contribution in [2.75, 3.05) is 19.7 Å². The van der Waals surface area contributed by atoms with Crippen LogP contribution in [0, 0.1) is 0 Å². The van der Waals surface area contributed by atoms with Crippen molar-refractivity contribution in [2.45, 2.75) is 44.9 Å². The van der Waals surface area contributed by atoms with E-state index in [1.165, 1.54) is 12.8 Å². The molecule has 136 valence electrons. The Morgan fingerprint density at radius 3 is 2.58 bits per heavy atom. The molecule has 0 bridgehead atoms. The number of aromatic nitrogens is 1. The van der Waals surface area contributed by atoms with Crippen molar-refractivity contribution < 1.29 is 14.3 Å². The molecule has 0 spiro atoms. The lowest BCUT2D eigenvalue weighted by atomic mass is 10.0. The molecule has 1 fully saturated rings. The molecule has 0 atom stereocenters. The number of rotatable bonds is 3. The summed E-state index contributed by atoms with van der Waals surface area (Å²) in [6.07, 6.45) is 7.14. The molecular formula is C21H24N2O3. The zero-order chi connectivity index (χ0) is 17.9. The molecule has 2 aromatic rings. The van der Waals surface area contributed by atoms with Gasteiger partial charge in [-0.1, -0.05) is 31.0 Å². The van der Waals surface area contributed by atoms with Crippen LogP contribution >= 0.6 is 0 Å². The number of esters is 1. The fourth-order valence-corrected chi connectivity index (χ4v) is 4.05. The van der Waals surface area contributed by atoms with Gasteiger partial charge in [-0.25, -0.2) is 4.79 Å². The molecule has 2 aliphatic rings. The van der Waals surface area contributed by atoms with Gasteiger partial charge in [0, 0.05) is 24.2 Å². The van der Waals surface area contributed by atoms with Crippen molar-refractivity contribution in [3.8, 4) is 0 Å². The molecule has 0 saturated carbocycles. The van der Waals surface area contributed by atoms with Gasteiger partial charge in [0.05, 0.1) is 11.1 Å². The van der Waals surface area contributed by atoms with E-state index in [2.05, 4.69) is 0 Å². The first kappa shape index (κ1) is 17.0. The van der Waals surface area contributed by atoms with Crippen molar-refractivity contribution in [3.63, 3.8) is 0 Å². The summed E-state index contributed by atoms with van der Waals surface area (Å²) in [5.74, 6) is -0.486. The molecule has 1 aliphatic heterocycles. The van der Waals surface area contributed by atoms with Crippen LogP contribution in [0.5, 0.6) is 0 Å². The standard InChI is InChI=1S/C21H24N2O3/c24-19(23-12-5-1-2-6-13-23)14-26-21(25)20-15-8-3-4-10-17(15)22-18-11-7-9-16(18)20/h3-4,8,10H,1-2,5-7,9,11-14H2. The van der Waals surface area contributed by atoms with Crippen LogP contribution in [0.2, 0.25) is 0 Å². The number of fused-ring (bicyclic) bond motifs is 2. The van der Waals surface area contributed by atoms with Gasteiger partial charge in [-0.2, -0.15) is 0 Å². The van der Waals surface area contributed by atoms with Crippen molar-refractivity contribution in [2.24, 2.45) is 0 Å². The van der Waals surface area contributed by atoms with Gasteiger partial charge in [-0.15, -0.1) is 0 Å². The smallest absolute Gasteiger partial charge is 0.339 e. The number of carbonyl (C=O) groups is 2. The highest BCUT2D eigenvalue weighted by Crippen LogP contribution is 2.30. The number of para-hydroxylation sites is 1. The van der Waals surface area contributed by atoms with E-state index in [0.717, 1.165) is 67.4 Å². The van der Waals surface area contributed by atoms with Crippen molar-refractivity contribution >= 4 is 22.8 Å². The number of likely N-dealkylation sites (tertiary alicyclic amines) is 1. The third kappa shape index (κ3) is 3.30. The first-order chi connectivity index (χ1) is 12.7. The van der Waals surface area contributed by atoms with E-state index in [-0.39, 0.29) is 12.5 Å². The van der Waals surface area contributed by atoms with Crippen LogP contribution in [0.15, 0.2) is 24.3 Å². The Morgan fingerprint density at radius 2 is 1.77 bits per heavy atom. The molecule has 1 amide bonds. The van der Waals surface area contributed by atoms with Gasteiger partial charge in [-0.3, -0.25) is 9.78 Å². The van der Waals surface area contributed by atoms with Crippen molar-refractivity contribution in [3.05, 3.63) is 41.1 Å². The Labute approximate surface area is 153 Å². The van der Waals surface area contributed by atoms with Gasteiger partial charge in [0.25, 0.3) is 5.91 Å². The quantitative estimate of drug-likeness (QED) is 0.796. The van der Waals surface area contributed by atoms with Crippen molar-refractivity contribution in [1.29, 1.82) is 0 Å². The van der Waals surface area contributed by atoms with E-state index in [9.17, 15) is 9.59 Å². The van der Waals surface area contributed by atoms with Crippen LogP contribution in [0.3, 0.4) is 0 Å². The maximum absolute atomic E-state index is 12.9. The van der Waals surface area contributed by atoms with Gasteiger partial charge >= 0.3 is 5.97 Å². The van der Waals surface area contributed by atoms with E-state index in [4.69, 9.17) is 9.72 Å². The summed E-state index contributed by atoms with van der Waals surface area (Å²) in [7, 11) is 0. The first-order valence-electron chi connectivity index (χ1n) is 9.59. The van der Waals surface area contributed by atoms with Crippen LogP contribution in [0.1, 0.15) is 53.7 Å². The lowest BCUT2D eigenvalue weighted by Crippen LogP contribution is -2.35. The molecule has 1 saturated heterocycles. The fourth-order valence-electron chi connectivity index (χ4n) is 4.05. The number of amides is 1. The zero-order valence-corrected chi connectivity index (χ0v) is 15.0. The Morgan fingerprint density at radius 1 is 1.00 bits per heavy atom. The number of pyridine rings is 1. The number of nitrogens with zero attached hydrogens (tertiary/aromatic N) is 2. The van der Waals surface area contributed by atoms with Crippen LogP contribution in [0.25, 0.3) is 10.9 Å². The van der Waals surface area contributed by atoms with Gasteiger partial charge in [0.15, 0.2) is 6.61 Å². The second kappa shape index (κ2) is 7.44. The summed E-state index contributed by atoms with van der Waals surface area (Å²) >= 11 is 0. The highest BCUT2D eigenvalue weighted by atomic mass is 16.5. The van der Waals surface area contributed by atoms with E-state index >= 15 is 0 Å². The van der Waals surface area contributed by atoms with Crippen LogP contribution < -0.4 is 0 Å². The normalized spacial score (nSPS) is 17.0. The zero-order valence-electron chi connectivity index (χ0n) is 15.0. The van der Waals surface area contributed by atoms with Crippen LogP contribution in [-0.2, 0) is 22.4 Å².